The predicted molar refractivity (Wildman–Crippen MR) is 66.2 cm³/mol. The first-order valence-corrected chi connectivity index (χ1v) is 5.26. The average Bonchev–Trinajstić information content (AvgIpc) is 2.28. The van der Waals surface area contributed by atoms with Crippen molar-refractivity contribution in [2.75, 3.05) is 19.0 Å². The van der Waals surface area contributed by atoms with Gasteiger partial charge in [-0.1, -0.05) is 0 Å². The first kappa shape index (κ1) is 11.5. The van der Waals surface area contributed by atoms with Crippen molar-refractivity contribution >= 4 is 22.9 Å². The minimum absolute atomic E-state index is 0.305. The molecule has 88 valence electrons. The van der Waals surface area contributed by atoms with Crippen LogP contribution in [0.1, 0.15) is 16.1 Å². The Bertz CT molecular complexity index is 593. The Morgan fingerprint density at radius 3 is 2.59 bits per heavy atom. The van der Waals surface area contributed by atoms with Crippen LogP contribution in [0.5, 0.6) is 0 Å². The van der Waals surface area contributed by atoms with Gasteiger partial charge in [0.1, 0.15) is 17.6 Å². The Hall–Kier alpha value is -1.97. The molecule has 0 saturated heterocycles. The molecule has 4 heteroatoms. The number of rotatable bonds is 2. The molecule has 0 atom stereocenters. The van der Waals surface area contributed by atoms with Gasteiger partial charge in [-0.15, -0.1) is 0 Å². The van der Waals surface area contributed by atoms with E-state index < -0.39 is 5.82 Å². The molecule has 0 saturated carbocycles. The molecule has 0 aliphatic heterocycles. The number of hydrogen-bond acceptors (Lipinski definition) is 3. The second-order valence-corrected chi connectivity index (χ2v) is 4.19. The maximum atomic E-state index is 13.8. The number of aryl methyl sites for hydroxylation is 1. The van der Waals surface area contributed by atoms with E-state index in [9.17, 15) is 9.18 Å². The molecule has 0 N–H and O–H groups in total. The smallest absolute Gasteiger partial charge is 0.150 e. The normalized spacial score (nSPS) is 10.6. The van der Waals surface area contributed by atoms with Gasteiger partial charge in [0.15, 0.2) is 0 Å². The highest BCUT2D eigenvalue weighted by Gasteiger charge is 2.11. The molecule has 2 rings (SSSR count). The first-order valence-electron chi connectivity index (χ1n) is 5.26. The highest BCUT2D eigenvalue weighted by molar-refractivity contribution is 5.95. The van der Waals surface area contributed by atoms with Crippen LogP contribution in [0.25, 0.3) is 10.9 Å². The molecule has 0 aliphatic carbocycles. The van der Waals surface area contributed by atoms with E-state index in [2.05, 4.69) is 4.98 Å². The largest absolute Gasteiger partial charge is 0.377 e. The molecule has 0 aliphatic rings. The minimum atomic E-state index is -0.462. The lowest BCUT2D eigenvalue weighted by molar-refractivity contribution is 0.112. The van der Waals surface area contributed by atoms with Crippen LogP contribution >= 0.6 is 0 Å². The number of halogens is 1. The van der Waals surface area contributed by atoms with Crippen molar-refractivity contribution in [3.05, 3.63) is 35.3 Å². The fourth-order valence-electron chi connectivity index (χ4n) is 1.85. The summed E-state index contributed by atoms with van der Waals surface area (Å²) >= 11 is 0. The Kier molecular flexibility index (Phi) is 2.79. The highest BCUT2D eigenvalue weighted by Crippen LogP contribution is 2.27. The van der Waals surface area contributed by atoms with Gasteiger partial charge in [-0.3, -0.25) is 4.79 Å². The monoisotopic (exact) mass is 232 g/mol. The van der Waals surface area contributed by atoms with Gasteiger partial charge in [0.25, 0.3) is 0 Å². The van der Waals surface area contributed by atoms with Crippen molar-refractivity contribution in [2.24, 2.45) is 0 Å². The summed E-state index contributed by atoms with van der Waals surface area (Å²) in [5.74, 6) is -0.462. The van der Waals surface area contributed by atoms with E-state index in [0.29, 0.717) is 22.8 Å². The van der Waals surface area contributed by atoms with Gasteiger partial charge in [-0.25, -0.2) is 9.37 Å². The molecule has 17 heavy (non-hydrogen) atoms. The lowest BCUT2D eigenvalue weighted by atomic mass is 10.1. The molecule has 0 radical (unpaired) electrons. The van der Waals surface area contributed by atoms with Crippen molar-refractivity contribution in [3.8, 4) is 0 Å². The Balaban J connectivity index is 2.89. The van der Waals surface area contributed by atoms with E-state index in [0.717, 1.165) is 11.4 Å². The number of fused-ring (bicyclic) bond motifs is 1. The number of carbonyl (C=O) groups excluding carboxylic acids is 1. The number of hydrogen-bond donors (Lipinski definition) is 0. The molecule has 0 unspecified atom stereocenters. The topological polar surface area (TPSA) is 33.2 Å². The summed E-state index contributed by atoms with van der Waals surface area (Å²) in [7, 11) is 3.75. The highest BCUT2D eigenvalue weighted by atomic mass is 19.1. The summed E-state index contributed by atoms with van der Waals surface area (Å²) in [4.78, 5) is 16.8. The third-order valence-electron chi connectivity index (χ3n) is 2.61. The summed E-state index contributed by atoms with van der Waals surface area (Å²) < 4.78 is 13.8. The SMILES string of the molecule is Cc1cc(N(C)C)c2cc(C=O)cc(F)c2n1. The maximum absolute atomic E-state index is 13.8. The van der Waals surface area contributed by atoms with Crippen LogP contribution in [0.3, 0.4) is 0 Å². The van der Waals surface area contributed by atoms with E-state index in [1.54, 1.807) is 6.07 Å². The standard InChI is InChI=1S/C13H13FN2O/c1-8-4-12(16(2)3)10-5-9(7-17)6-11(14)13(10)15-8/h4-7H,1-3H3. The third-order valence-corrected chi connectivity index (χ3v) is 2.61. The van der Waals surface area contributed by atoms with Crippen LogP contribution in [0, 0.1) is 12.7 Å². The van der Waals surface area contributed by atoms with Gasteiger partial charge in [-0.05, 0) is 25.1 Å². The van der Waals surface area contributed by atoms with Crippen molar-refractivity contribution in [2.45, 2.75) is 6.92 Å². The van der Waals surface area contributed by atoms with Crippen LogP contribution in [0.4, 0.5) is 10.1 Å². The van der Waals surface area contributed by atoms with Crippen LogP contribution in [0.15, 0.2) is 18.2 Å². The van der Waals surface area contributed by atoms with E-state index in [1.807, 2.05) is 32.0 Å². The summed E-state index contributed by atoms with van der Waals surface area (Å²) in [6.45, 7) is 1.82. The Morgan fingerprint density at radius 2 is 2.00 bits per heavy atom. The fourth-order valence-corrected chi connectivity index (χ4v) is 1.85. The zero-order valence-electron chi connectivity index (χ0n) is 9.99. The summed E-state index contributed by atoms with van der Waals surface area (Å²) in [5.41, 5.74) is 2.23. The summed E-state index contributed by atoms with van der Waals surface area (Å²) in [6.07, 6.45) is 0.641. The molecule has 0 bridgehead atoms. The zero-order chi connectivity index (χ0) is 12.6. The number of anilines is 1. The van der Waals surface area contributed by atoms with Crippen LogP contribution in [-0.4, -0.2) is 25.4 Å². The van der Waals surface area contributed by atoms with E-state index in [4.69, 9.17) is 0 Å². The molecule has 0 amide bonds. The van der Waals surface area contributed by atoms with Gasteiger partial charge in [0.05, 0.1) is 0 Å². The van der Waals surface area contributed by atoms with Gasteiger partial charge in [-0.2, -0.15) is 0 Å². The van der Waals surface area contributed by atoms with Crippen molar-refractivity contribution in [1.82, 2.24) is 4.98 Å². The molecule has 0 spiro atoms. The zero-order valence-corrected chi connectivity index (χ0v) is 9.99. The number of aromatic nitrogens is 1. The molecule has 0 fully saturated rings. The Labute approximate surface area is 98.9 Å². The summed E-state index contributed by atoms with van der Waals surface area (Å²) in [6, 6.07) is 4.74. The number of pyridine rings is 1. The van der Waals surface area contributed by atoms with Crippen LogP contribution in [-0.2, 0) is 0 Å². The Morgan fingerprint density at radius 1 is 1.29 bits per heavy atom. The average molecular weight is 232 g/mol. The molecular formula is C13H13FN2O. The van der Waals surface area contributed by atoms with E-state index >= 15 is 0 Å². The van der Waals surface area contributed by atoms with E-state index in [-0.39, 0.29) is 0 Å². The minimum Gasteiger partial charge on any atom is -0.377 e. The van der Waals surface area contributed by atoms with Crippen molar-refractivity contribution in [3.63, 3.8) is 0 Å². The maximum Gasteiger partial charge on any atom is 0.150 e. The number of benzene rings is 1. The summed E-state index contributed by atoms with van der Waals surface area (Å²) in [5, 5.41) is 0.655. The number of carbonyl (C=O) groups is 1. The van der Waals surface area contributed by atoms with Crippen LogP contribution in [0.2, 0.25) is 0 Å². The number of nitrogens with zero attached hydrogens (tertiary/aromatic N) is 2. The first-order chi connectivity index (χ1) is 8.02. The molecule has 2 aromatic rings. The lowest BCUT2D eigenvalue weighted by Crippen LogP contribution is -2.10. The van der Waals surface area contributed by atoms with Crippen molar-refractivity contribution in [1.29, 1.82) is 0 Å². The molecule has 3 nitrogen and oxygen atoms in total. The van der Waals surface area contributed by atoms with Gasteiger partial charge in [0.2, 0.25) is 0 Å². The van der Waals surface area contributed by atoms with Gasteiger partial charge in [0, 0.05) is 36.4 Å². The van der Waals surface area contributed by atoms with Gasteiger partial charge < -0.3 is 4.90 Å². The number of aldehydes is 1. The van der Waals surface area contributed by atoms with Crippen molar-refractivity contribution < 1.29 is 9.18 Å². The second kappa shape index (κ2) is 4.13. The molecule has 1 aromatic heterocycles. The quantitative estimate of drug-likeness (QED) is 0.746. The predicted octanol–water partition coefficient (Wildman–Crippen LogP) is 2.56. The molecule has 1 heterocycles. The fraction of sp³-hybridized carbons (Fsp3) is 0.231. The van der Waals surface area contributed by atoms with Crippen LogP contribution < -0.4 is 4.90 Å². The molecular weight excluding hydrogens is 219 g/mol. The van der Waals surface area contributed by atoms with E-state index in [1.165, 1.54) is 6.07 Å². The third kappa shape index (κ3) is 1.98. The van der Waals surface area contributed by atoms with Gasteiger partial charge >= 0.3 is 0 Å². The molecule has 1 aromatic carbocycles. The lowest BCUT2D eigenvalue weighted by Gasteiger charge is -2.16. The second-order valence-electron chi connectivity index (χ2n) is 4.19.